The van der Waals surface area contributed by atoms with Gasteiger partial charge in [0.25, 0.3) is 0 Å². The lowest BCUT2D eigenvalue weighted by Crippen LogP contribution is -1.98. The Kier molecular flexibility index (Phi) is 3.66. The fourth-order valence-electron chi connectivity index (χ4n) is 0.251. The molecule has 0 saturated heterocycles. The minimum absolute atomic E-state index is 0.336. The molecule has 0 aliphatic heterocycles. The smallest absolute Gasteiger partial charge is 0.333 e. The van der Waals surface area contributed by atoms with E-state index in [-0.39, 0.29) is 0 Å². The highest BCUT2D eigenvalue weighted by Crippen LogP contribution is 1.77. The van der Waals surface area contributed by atoms with Crippen molar-refractivity contribution >= 4 is 5.97 Å². The average molecular weight is 116 g/mol. The Morgan fingerprint density at radius 1 is 1.88 bits per heavy atom. The second-order valence-electron chi connectivity index (χ2n) is 1.07. The van der Waals surface area contributed by atoms with E-state index in [4.69, 9.17) is 5.11 Å². The molecular formula is C5H8O3. The topological polar surface area (TPSA) is 46.5 Å². The Bertz CT molecular complexity index is 95.8. The molecule has 0 rings (SSSR count). The maximum Gasteiger partial charge on any atom is 0.333 e. The van der Waals surface area contributed by atoms with Gasteiger partial charge in [0.1, 0.15) is 0 Å². The maximum absolute atomic E-state index is 10.2. The third kappa shape index (κ3) is 3.21. The molecule has 0 unspecified atom stereocenters. The van der Waals surface area contributed by atoms with Crippen LogP contribution in [-0.4, -0.2) is 17.7 Å². The summed E-state index contributed by atoms with van der Waals surface area (Å²) >= 11 is 0. The zero-order chi connectivity index (χ0) is 6.41. The summed E-state index contributed by atoms with van der Waals surface area (Å²) in [6.07, 6.45) is 1.60. The summed E-state index contributed by atoms with van der Waals surface area (Å²) in [7, 11) is 0. The normalized spacial score (nSPS) is 9.62. The van der Waals surface area contributed by atoms with Gasteiger partial charge in [0.05, 0.1) is 18.9 Å². The van der Waals surface area contributed by atoms with Crippen molar-refractivity contribution < 1.29 is 14.6 Å². The second-order valence-corrected chi connectivity index (χ2v) is 1.07. The Balaban J connectivity index is 3.33. The molecule has 1 N–H and O–H groups in total. The summed E-state index contributed by atoms with van der Waals surface area (Å²) in [4.78, 5) is 10.2. The molecule has 0 aliphatic carbocycles. The molecule has 0 heterocycles. The van der Waals surface area contributed by atoms with Gasteiger partial charge in [-0.05, 0) is 6.92 Å². The van der Waals surface area contributed by atoms with Crippen molar-refractivity contribution in [3.05, 3.63) is 12.3 Å². The Labute approximate surface area is 47.6 Å². The van der Waals surface area contributed by atoms with Gasteiger partial charge in [0.2, 0.25) is 0 Å². The summed E-state index contributed by atoms with van der Waals surface area (Å²) in [5.41, 5.74) is 0. The van der Waals surface area contributed by atoms with E-state index in [0.717, 1.165) is 6.08 Å². The maximum atomic E-state index is 10.2. The quantitative estimate of drug-likeness (QED) is 0.327. The van der Waals surface area contributed by atoms with E-state index in [1.165, 1.54) is 0 Å². The number of aliphatic hydroxyl groups is 1. The molecule has 0 aromatic heterocycles. The average Bonchev–Trinajstić information content (AvgIpc) is 1.68. The van der Waals surface area contributed by atoms with Gasteiger partial charge in [-0.1, -0.05) is 0 Å². The molecule has 0 aromatic rings. The molecule has 0 spiro atoms. The summed E-state index contributed by atoms with van der Waals surface area (Å²) in [6, 6.07) is 0. The van der Waals surface area contributed by atoms with E-state index in [0.29, 0.717) is 12.9 Å². The molecule has 8 heavy (non-hydrogen) atoms. The van der Waals surface area contributed by atoms with E-state index in [1.54, 1.807) is 6.92 Å². The minimum Gasteiger partial charge on any atom is -0.515 e. The van der Waals surface area contributed by atoms with Crippen molar-refractivity contribution in [3.63, 3.8) is 0 Å². The first-order valence-electron chi connectivity index (χ1n) is 2.28. The molecule has 0 fully saturated rings. The van der Waals surface area contributed by atoms with Gasteiger partial charge in [-0.25, -0.2) is 4.79 Å². The SMILES string of the molecule is CCOC(=O)/C=C\O. The number of rotatable bonds is 2. The number of hydrogen-bond acceptors (Lipinski definition) is 3. The van der Waals surface area contributed by atoms with Gasteiger partial charge in [-0.2, -0.15) is 0 Å². The molecule has 3 nitrogen and oxygen atoms in total. The van der Waals surface area contributed by atoms with Crippen LogP contribution in [0.25, 0.3) is 0 Å². The molecule has 0 aliphatic rings. The van der Waals surface area contributed by atoms with Crippen molar-refractivity contribution in [3.8, 4) is 0 Å². The Hall–Kier alpha value is -0.990. The van der Waals surface area contributed by atoms with Crippen molar-refractivity contribution in [2.75, 3.05) is 6.61 Å². The zero-order valence-electron chi connectivity index (χ0n) is 4.63. The number of carbonyl (C=O) groups is 1. The van der Waals surface area contributed by atoms with E-state index in [9.17, 15) is 4.79 Å². The van der Waals surface area contributed by atoms with E-state index < -0.39 is 5.97 Å². The Morgan fingerprint density at radius 3 is 2.88 bits per heavy atom. The predicted molar refractivity (Wildman–Crippen MR) is 28.4 cm³/mol. The number of aliphatic hydroxyl groups excluding tert-OH is 1. The van der Waals surface area contributed by atoms with Crippen molar-refractivity contribution in [2.45, 2.75) is 6.92 Å². The first-order valence-corrected chi connectivity index (χ1v) is 2.28. The Morgan fingerprint density at radius 2 is 2.50 bits per heavy atom. The van der Waals surface area contributed by atoms with Crippen LogP contribution in [0.3, 0.4) is 0 Å². The van der Waals surface area contributed by atoms with Crippen LogP contribution in [0.4, 0.5) is 0 Å². The minimum atomic E-state index is -0.519. The standard InChI is InChI=1S/C5H8O3/c1-2-8-5(7)3-4-6/h3-4,6H,2H2,1H3/b4-3-. The van der Waals surface area contributed by atoms with Gasteiger partial charge in [0.15, 0.2) is 0 Å². The second kappa shape index (κ2) is 4.18. The van der Waals surface area contributed by atoms with Crippen LogP contribution < -0.4 is 0 Å². The van der Waals surface area contributed by atoms with Crippen molar-refractivity contribution in [1.82, 2.24) is 0 Å². The summed E-state index contributed by atoms with van der Waals surface area (Å²) in [5.74, 6) is -0.519. The molecular weight excluding hydrogens is 108 g/mol. The van der Waals surface area contributed by atoms with Gasteiger partial charge in [0, 0.05) is 0 Å². The fraction of sp³-hybridized carbons (Fsp3) is 0.400. The van der Waals surface area contributed by atoms with E-state index >= 15 is 0 Å². The van der Waals surface area contributed by atoms with Crippen LogP contribution in [0, 0.1) is 0 Å². The molecule has 0 radical (unpaired) electrons. The molecule has 0 saturated carbocycles. The van der Waals surface area contributed by atoms with Gasteiger partial charge in [-0.3, -0.25) is 0 Å². The van der Waals surface area contributed by atoms with Crippen LogP contribution in [0.2, 0.25) is 0 Å². The lowest BCUT2D eigenvalue weighted by molar-refractivity contribution is -0.137. The van der Waals surface area contributed by atoms with E-state index in [2.05, 4.69) is 4.74 Å². The predicted octanol–water partition coefficient (Wildman–Crippen LogP) is 0.621. The lowest BCUT2D eigenvalue weighted by atomic mass is 10.6. The number of esters is 1. The molecule has 0 aromatic carbocycles. The number of hydrogen-bond donors (Lipinski definition) is 1. The highest BCUT2D eigenvalue weighted by molar-refractivity contribution is 5.81. The van der Waals surface area contributed by atoms with Gasteiger partial charge >= 0.3 is 5.97 Å². The van der Waals surface area contributed by atoms with Gasteiger partial charge < -0.3 is 9.84 Å². The summed E-state index contributed by atoms with van der Waals surface area (Å²) in [6.45, 7) is 2.03. The lowest BCUT2D eigenvalue weighted by Gasteiger charge is -1.91. The van der Waals surface area contributed by atoms with Crippen molar-refractivity contribution in [2.24, 2.45) is 0 Å². The number of ether oxygens (including phenoxy) is 1. The van der Waals surface area contributed by atoms with Gasteiger partial charge in [-0.15, -0.1) is 0 Å². The molecule has 3 heteroatoms. The van der Waals surface area contributed by atoms with E-state index in [1.807, 2.05) is 0 Å². The monoisotopic (exact) mass is 116 g/mol. The van der Waals surface area contributed by atoms with Crippen LogP contribution >= 0.6 is 0 Å². The zero-order valence-corrected chi connectivity index (χ0v) is 4.63. The fourth-order valence-corrected chi connectivity index (χ4v) is 0.251. The van der Waals surface area contributed by atoms with Crippen LogP contribution in [-0.2, 0) is 9.53 Å². The van der Waals surface area contributed by atoms with Crippen LogP contribution in [0.1, 0.15) is 6.92 Å². The molecule has 0 atom stereocenters. The highest BCUT2D eigenvalue weighted by Gasteiger charge is 1.89. The largest absolute Gasteiger partial charge is 0.515 e. The molecule has 0 amide bonds. The van der Waals surface area contributed by atoms with Crippen LogP contribution in [0.15, 0.2) is 12.3 Å². The summed E-state index contributed by atoms with van der Waals surface area (Å²) < 4.78 is 4.40. The third-order valence-electron chi connectivity index (χ3n) is 0.497. The first-order chi connectivity index (χ1) is 3.81. The van der Waals surface area contributed by atoms with Crippen molar-refractivity contribution in [1.29, 1.82) is 0 Å². The molecule has 46 valence electrons. The third-order valence-corrected chi connectivity index (χ3v) is 0.497. The molecule has 0 bridgehead atoms. The summed E-state index contributed by atoms with van der Waals surface area (Å²) in [5, 5.41) is 7.98. The number of carbonyl (C=O) groups excluding carboxylic acids is 1. The highest BCUT2D eigenvalue weighted by atomic mass is 16.5. The van der Waals surface area contributed by atoms with Crippen LogP contribution in [0.5, 0.6) is 0 Å². The first kappa shape index (κ1) is 7.01.